The monoisotopic (exact) mass is 480 g/mol. The van der Waals surface area contributed by atoms with Crippen LogP contribution in [0.5, 0.6) is 0 Å². The third-order valence-corrected chi connectivity index (χ3v) is 4.23. The van der Waals surface area contributed by atoms with Crippen molar-refractivity contribution in [2.24, 2.45) is 0 Å². The molecule has 0 saturated carbocycles. The Bertz CT molecular complexity index is 118. The molecule has 18 heavy (non-hydrogen) atoms. The second kappa shape index (κ2) is 20.8. The van der Waals surface area contributed by atoms with Crippen LogP contribution in [-0.2, 0) is 0 Å². The molecule has 0 bridgehead atoms. The Morgan fingerprint density at radius 1 is 0.556 bits per heavy atom. The lowest BCUT2D eigenvalue weighted by atomic mass is 10.1. The molecule has 0 aliphatic rings. The van der Waals surface area contributed by atoms with E-state index in [0.29, 0.717) is 0 Å². The molecule has 0 rings (SSSR count). The van der Waals surface area contributed by atoms with Crippen molar-refractivity contribution < 1.29 is 0 Å². The van der Waals surface area contributed by atoms with Crippen molar-refractivity contribution in [3.8, 4) is 0 Å². The van der Waals surface area contributed by atoms with Crippen molar-refractivity contribution in [1.29, 1.82) is 0 Å². The Morgan fingerprint density at radius 3 is 1.17 bits per heavy atom. The first-order valence-corrected chi connectivity index (χ1v) is 10.5. The Morgan fingerprint density at radius 2 is 0.889 bits per heavy atom. The molecule has 0 N–H and O–H groups in total. The number of halogens is 2. The van der Waals surface area contributed by atoms with Crippen molar-refractivity contribution in [3.63, 3.8) is 0 Å². The largest absolute Gasteiger partial charge is 0.0710 e. The van der Waals surface area contributed by atoms with E-state index in [-0.39, 0.29) is 0 Å². The second-order valence-electron chi connectivity index (χ2n) is 5.01. The minimum Gasteiger partial charge on any atom is -0.0710 e. The van der Waals surface area contributed by atoms with Crippen LogP contribution in [0.15, 0.2) is 0 Å². The van der Waals surface area contributed by atoms with Gasteiger partial charge in [0, 0.05) is 0 Å². The third kappa shape index (κ3) is 26.1. The number of hydrogen-bond donors (Lipinski definition) is 0. The average molecular weight is 480 g/mol. The molecule has 0 radical (unpaired) electrons. The van der Waals surface area contributed by atoms with E-state index in [4.69, 9.17) is 0 Å². The minimum atomic E-state index is 0.844. The first-order chi connectivity index (χ1) is 8.68. The number of alkyl halides is 2. The molecule has 0 amide bonds. The van der Waals surface area contributed by atoms with Gasteiger partial charge < -0.3 is 0 Å². The molecule has 0 aromatic carbocycles. The highest BCUT2D eigenvalue weighted by Gasteiger charge is 1.95. The lowest BCUT2D eigenvalue weighted by Gasteiger charge is -2.00. The Labute approximate surface area is 144 Å². The summed E-state index contributed by atoms with van der Waals surface area (Å²) in [4.78, 5) is 0. The maximum absolute atomic E-state index is 2.49. The summed E-state index contributed by atoms with van der Waals surface area (Å²) in [5, 5.41) is 0. The van der Waals surface area contributed by atoms with Gasteiger partial charge in [0.2, 0.25) is 0 Å². The summed E-state index contributed by atoms with van der Waals surface area (Å²) in [7, 11) is 0. The predicted molar refractivity (Wildman–Crippen MR) is 104 cm³/mol. The molecule has 0 aliphatic carbocycles. The van der Waals surface area contributed by atoms with E-state index in [2.05, 4.69) is 66.0 Å². The maximum Gasteiger partial charge on any atom is 0.0626 e. The van der Waals surface area contributed by atoms with Crippen LogP contribution >= 0.6 is 45.2 Å². The van der Waals surface area contributed by atoms with Crippen LogP contribution in [-0.4, -0.2) is 1.93 Å². The van der Waals surface area contributed by atoms with Gasteiger partial charge in [-0.3, -0.25) is 0 Å². The summed E-state index contributed by atoms with van der Waals surface area (Å²) in [6.45, 7) is 6.78. The highest BCUT2D eigenvalue weighted by atomic mass is 127. The van der Waals surface area contributed by atoms with E-state index in [1.165, 1.54) is 77.0 Å². The molecule has 0 aromatic heterocycles. The van der Waals surface area contributed by atoms with Gasteiger partial charge >= 0.3 is 0 Å². The lowest BCUT2D eigenvalue weighted by molar-refractivity contribution is 0.624. The fourth-order valence-electron chi connectivity index (χ4n) is 1.76. The highest BCUT2D eigenvalue weighted by Crippen LogP contribution is 2.18. The molecular formula is C16H34I2. The molecule has 0 fully saturated rings. The van der Waals surface area contributed by atoms with Gasteiger partial charge in [-0.05, 0) is 6.42 Å². The van der Waals surface area contributed by atoms with E-state index in [0.717, 1.165) is 1.93 Å². The quantitative estimate of drug-likeness (QED) is 0.160. The van der Waals surface area contributed by atoms with Crippen LogP contribution in [0.25, 0.3) is 0 Å². The van der Waals surface area contributed by atoms with Gasteiger partial charge in [-0.2, -0.15) is 0 Å². The van der Waals surface area contributed by atoms with Gasteiger partial charge in [-0.25, -0.2) is 0 Å². The summed E-state index contributed by atoms with van der Waals surface area (Å²) >= 11 is 4.98. The van der Waals surface area contributed by atoms with Crippen molar-refractivity contribution in [2.45, 2.75) is 99.8 Å². The molecule has 0 spiro atoms. The molecular weight excluding hydrogens is 446 g/mol. The lowest BCUT2D eigenvalue weighted by Crippen LogP contribution is -1.84. The van der Waals surface area contributed by atoms with Gasteiger partial charge in [-0.15, -0.1) is 0 Å². The van der Waals surface area contributed by atoms with E-state index in [1.807, 2.05) is 0 Å². The van der Waals surface area contributed by atoms with Gasteiger partial charge in [0.25, 0.3) is 0 Å². The van der Waals surface area contributed by atoms with Crippen molar-refractivity contribution >= 4 is 45.2 Å². The number of rotatable bonds is 11. The molecule has 0 unspecified atom stereocenters. The SMILES string of the molecule is CCCCCCCC.CCCCCCCC(I)I. The van der Waals surface area contributed by atoms with Crippen LogP contribution in [0.1, 0.15) is 97.8 Å². The number of unbranched alkanes of at least 4 members (excludes halogenated alkanes) is 9. The zero-order valence-corrected chi connectivity index (χ0v) is 17.1. The standard InChI is InChI=1S/C8H16I2.C8H18/c1-2-3-4-5-6-7-8(9)10;1-3-5-7-8-6-4-2/h8H,2-7H2,1H3;3-8H2,1-2H3. The first kappa shape index (κ1) is 21.8. The van der Waals surface area contributed by atoms with Crippen LogP contribution < -0.4 is 0 Å². The van der Waals surface area contributed by atoms with Crippen LogP contribution in [0, 0.1) is 0 Å². The summed E-state index contributed by atoms with van der Waals surface area (Å²) in [6, 6.07) is 0. The van der Waals surface area contributed by atoms with Gasteiger partial charge in [0.1, 0.15) is 0 Å². The van der Waals surface area contributed by atoms with Crippen LogP contribution in [0.4, 0.5) is 0 Å². The van der Waals surface area contributed by atoms with Gasteiger partial charge in [-0.1, -0.05) is 137 Å². The Kier molecular flexibility index (Phi) is 25.1. The van der Waals surface area contributed by atoms with E-state index in [9.17, 15) is 0 Å². The second-order valence-corrected chi connectivity index (χ2v) is 10.4. The Balaban J connectivity index is 0. The fraction of sp³-hybridized carbons (Fsp3) is 1.00. The predicted octanol–water partition coefficient (Wildman–Crippen LogP) is 7.91. The molecule has 0 atom stereocenters. The van der Waals surface area contributed by atoms with E-state index < -0.39 is 0 Å². The molecule has 0 nitrogen and oxygen atoms in total. The van der Waals surface area contributed by atoms with Crippen molar-refractivity contribution in [3.05, 3.63) is 0 Å². The molecule has 0 aliphatic heterocycles. The van der Waals surface area contributed by atoms with E-state index in [1.54, 1.807) is 0 Å². The molecule has 2 heteroatoms. The minimum absolute atomic E-state index is 0.844. The molecule has 112 valence electrons. The van der Waals surface area contributed by atoms with Crippen LogP contribution in [0.3, 0.4) is 0 Å². The van der Waals surface area contributed by atoms with Gasteiger partial charge in [0.15, 0.2) is 0 Å². The summed E-state index contributed by atoms with van der Waals surface area (Å²) < 4.78 is 0.844. The fourth-order valence-corrected chi connectivity index (χ4v) is 2.64. The van der Waals surface area contributed by atoms with E-state index >= 15 is 0 Å². The normalized spacial score (nSPS) is 10.3. The molecule has 0 aromatic rings. The summed E-state index contributed by atoms with van der Waals surface area (Å²) in [6.07, 6.45) is 17.0. The average Bonchev–Trinajstić information content (AvgIpc) is 2.35. The molecule has 0 heterocycles. The smallest absolute Gasteiger partial charge is 0.0626 e. The summed E-state index contributed by atoms with van der Waals surface area (Å²) in [5.41, 5.74) is 0. The van der Waals surface area contributed by atoms with Crippen molar-refractivity contribution in [2.75, 3.05) is 0 Å². The number of hydrogen-bond acceptors (Lipinski definition) is 0. The highest BCUT2D eigenvalue weighted by molar-refractivity contribution is 14.2. The van der Waals surface area contributed by atoms with Gasteiger partial charge in [0.05, 0.1) is 1.93 Å². The maximum atomic E-state index is 2.49. The van der Waals surface area contributed by atoms with Crippen LogP contribution in [0.2, 0.25) is 0 Å². The zero-order chi connectivity index (χ0) is 14.1. The first-order valence-electron chi connectivity index (χ1n) is 7.97. The third-order valence-electron chi connectivity index (χ3n) is 2.98. The Hall–Kier alpha value is 1.46. The zero-order valence-electron chi connectivity index (χ0n) is 12.8. The van der Waals surface area contributed by atoms with Crippen molar-refractivity contribution in [1.82, 2.24) is 0 Å². The summed E-state index contributed by atoms with van der Waals surface area (Å²) in [5.74, 6) is 0. The topological polar surface area (TPSA) is 0 Å². The molecule has 0 saturated heterocycles.